The van der Waals surface area contributed by atoms with Crippen LogP contribution in [0.25, 0.3) is 0 Å². The van der Waals surface area contributed by atoms with Gasteiger partial charge in [0.1, 0.15) is 5.75 Å². The molecular weight excluding hydrogens is 282 g/mol. The predicted molar refractivity (Wildman–Crippen MR) is 70.7 cm³/mol. The Labute approximate surface area is 120 Å². The lowest BCUT2D eigenvalue weighted by atomic mass is 10.3. The van der Waals surface area contributed by atoms with E-state index in [0.717, 1.165) is 25.0 Å². The molecule has 7 heteroatoms. The molecule has 1 aromatic rings. The van der Waals surface area contributed by atoms with Crippen LogP contribution in [0.2, 0.25) is 0 Å². The van der Waals surface area contributed by atoms with Crippen LogP contribution in [0.1, 0.15) is 12.8 Å². The van der Waals surface area contributed by atoms with E-state index >= 15 is 0 Å². The highest BCUT2D eigenvalue weighted by Crippen LogP contribution is 2.18. The number of likely N-dealkylation sites (N-methyl/N-ethyl adjacent to an activating group) is 1. The highest BCUT2D eigenvalue weighted by molar-refractivity contribution is 5.85. The monoisotopic (exact) mass is 298 g/mol. The first kappa shape index (κ1) is 15.2. The largest absolute Gasteiger partial charge is 0.484 e. The predicted octanol–water partition coefficient (Wildman–Crippen LogP) is 1.08. The number of rotatable bonds is 6. The van der Waals surface area contributed by atoms with Crippen LogP contribution in [0, 0.1) is 11.6 Å². The number of ether oxygens (including phenoxy) is 1. The molecular formula is C14H16F2N2O3. The molecule has 0 unspecified atom stereocenters. The summed E-state index contributed by atoms with van der Waals surface area (Å²) in [5, 5.41) is 2.76. The lowest BCUT2D eigenvalue weighted by molar-refractivity contribution is -0.136. The zero-order valence-corrected chi connectivity index (χ0v) is 11.6. The van der Waals surface area contributed by atoms with Gasteiger partial charge in [-0.3, -0.25) is 9.59 Å². The third kappa shape index (κ3) is 4.70. The fourth-order valence-electron chi connectivity index (χ4n) is 1.63. The van der Waals surface area contributed by atoms with Crippen molar-refractivity contribution in [2.45, 2.75) is 18.9 Å². The molecule has 0 saturated heterocycles. The normalized spacial score (nSPS) is 13.7. The average Bonchev–Trinajstić information content (AvgIpc) is 3.23. The maximum absolute atomic E-state index is 13.0. The lowest BCUT2D eigenvalue weighted by Gasteiger charge is -2.17. The molecule has 0 aliphatic heterocycles. The van der Waals surface area contributed by atoms with Gasteiger partial charge >= 0.3 is 0 Å². The Balaban J connectivity index is 1.77. The Hall–Kier alpha value is -2.18. The number of nitrogens with one attached hydrogen (secondary N) is 1. The summed E-state index contributed by atoms with van der Waals surface area (Å²) in [6.07, 6.45) is 1.95. The summed E-state index contributed by atoms with van der Waals surface area (Å²) in [6.45, 7) is -0.408. The Morgan fingerprint density at radius 3 is 2.67 bits per heavy atom. The Morgan fingerprint density at radius 2 is 2.05 bits per heavy atom. The van der Waals surface area contributed by atoms with Crippen LogP contribution in [0.3, 0.4) is 0 Å². The van der Waals surface area contributed by atoms with Gasteiger partial charge in [-0.15, -0.1) is 0 Å². The standard InChI is InChI=1S/C14H16F2N2O3/c1-18(7-13(19)17-9-2-3-9)14(20)8-21-10-4-5-11(15)12(16)6-10/h4-6,9H,2-3,7-8H2,1H3,(H,17,19). The lowest BCUT2D eigenvalue weighted by Crippen LogP contribution is -2.40. The molecule has 0 atom stereocenters. The van der Waals surface area contributed by atoms with Crippen LogP contribution in [0.4, 0.5) is 8.78 Å². The van der Waals surface area contributed by atoms with Crippen LogP contribution >= 0.6 is 0 Å². The van der Waals surface area contributed by atoms with Crippen LogP contribution in [0.15, 0.2) is 18.2 Å². The second kappa shape index (κ2) is 6.51. The molecule has 114 valence electrons. The number of amides is 2. The first-order chi connectivity index (χ1) is 9.95. The molecule has 1 N–H and O–H groups in total. The van der Waals surface area contributed by atoms with Gasteiger partial charge in [0.2, 0.25) is 5.91 Å². The van der Waals surface area contributed by atoms with Gasteiger partial charge in [0.05, 0.1) is 6.54 Å². The summed E-state index contributed by atoms with van der Waals surface area (Å²) >= 11 is 0. The van der Waals surface area contributed by atoms with Gasteiger partial charge in [0.25, 0.3) is 5.91 Å². The summed E-state index contributed by atoms with van der Waals surface area (Å²) in [5.41, 5.74) is 0. The van der Waals surface area contributed by atoms with Crippen LogP contribution in [-0.4, -0.2) is 43.0 Å². The number of halogens is 2. The van der Waals surface area contributed by atoms with Gasteiger partial charge in [0.15, 0.2) is 18.2 Å². The molecule has 2 amide bonds. The van der Waals surface area contributed by atoms with E-state index < -0.39 is 17.5 Å². The van der Waals surface area contributed by atoms with E-state index in [1.165, 1.54) is 18.0 Å². The van der Waals surface area contributed by atoms with Crippen molar-refractivity contribution in [3.63, 3.8) is 0 Å². The smallest absolute Gasteiger partial charge is 0.260 e. The fraction of sp³-hybridized carbons (Fsp3) is 0.429. The summed E-state index contributed by atoms with van der Waals surface area (Å²) in [4.78, 5) is 24.5. The van der Waals surface area contributed by atoms with E-state index in [1.807, 2.05) is 0 Å². The minimum absolute atomic E-state index is 0.0538. The summed E-state index contributed by atoms with van der Waals surface area (Å²) in [6, 6.07) is 3.25. The number of carbonyl (C=O) groups is 2. The van der Waals surface area contributed by atoms with Gasteiger partial charge in [-0.05, 0) is 25.0 Å². The van der Waals surface area contributed by atoms with Crippen molar-refractivity contribution in [3.8, 4) is 5.75 Å². The minimum Gasteiger partial charge on any atom is -0.484 e. The first-order valence-corrected chi connectivity index (χ1v) is 6.57. The minimum atomic E-state index is -1.04. The van der Waals surface area contributed by atoms with Crippen molar-refractivity contribution in [3.05, 3.63) is 29.8 Å². The van der Waals surface area contributed by atoms with Crippen molar-refractivity contribution >= 4 is 11.8 Å². The van der Waals surface area contributed by atoms with Crippen LogP contribution < -0.4 is 10.1 Å². The second-order valence-corrected chi connectivity index (χ2v) is 4.96. The number of hydrogen-bond acceptors (Lipinski definition) is 3. The maximum Gasteiger partial charge on any atom is 0.260 e. The molecule has 2 rings (SSSR count). The molecule has 1 aromatic carbocycles. The van der Waals surface area contributed by atoms with E-state index in [0.29, 0.717) is 0 Å². The second-order valence-electron chi connectivity index (χ2n) is 4.96. The quantitative estimate of drug-likeness (QED) is 0.855. The Kier molecular flexibility index (Phi) is 4.72. The third-order valence-electron chi connectivity index (χ3n) is 3.00. The van der Waals surface area contributed by atoms with Gasteiger partial charge in [-0.2, -0.15) is 0 Å². The van der Waals surface area contributed by atoms with Crippen molar-refractivity contribution in [1.82, 2.24) is 10.2 Å². The van der Waals surface area contributed by atoms with Crippen molar-refractivity contribution < 1.29 is 23.1 Å². The van der Waals surface area contributed by atoms with E-state index in [4.69, 9.17) is 4.74 Å². The Morgan fingerprint density at radius 1 is 1.33 bits per heavy atom. The van der Waals surface area contributed by atoms with Crippen LogP contribution in [-0.2, 0) is 9.59 Å². The van der Waals surface area contributed by atoms with E-state index in [9.17, 15) is 18.4 Å². The number of carbonyl (C=O) groups excluding carboxylic acids is 2. The van der Waals surface area contributed by atoms with E-state index in [2.05, 4.69) is 5.32 Å². The van der Waals surface area contributed by atoms with Gasteiger partial charge in [0, 0.05) is 19.2 Å². The zero-order chi connectivity index (χ0) is 15.4. The first-order valence-electron chi connectivity index (χ1n) is 6.57. The van der Waals surface area contributed by atoms with Crippen LogP contribution in [0.5, 0.6) is 5.75 Å². The zero-order valence-electron chi connectivity index (χ0n) is 11.6. The molecule has 0 spiro atoms. The number of nitrogens with zero attached hydrogens (tertiary/aromatic N) is 1. The highest BCUT2D eigenvalue weighted by Gasteiger charge is 2.24. The Bertz CT molecular complexity index is 547. The number of hydrogen-bond donors (Lipinski definition) is 1. The SMILES string of the molecule is CN(CC(=O)NC1CC1)C(=O)COc1ccc(F)c(F)c1. The van der Waals surface area contributed by atoms with Gasteiger partial charge in [-0.25, -0.2) is 8.78 Å². The van der Waals surface area contributed by atoms with Crippen molar-refractivity contribution in [2.24, 2.45) is 0 Å². The van der Waals surface area contributed by atoms with E-state index in [1.54, 1.807) is 0 Å². The highest BCUT2D eigenvalue weighted by atomic mass is 19.2. The molecule has 1 fully saturated rings. The molecule has 21 heavy (non-hydrogen) atoms. The summed E-state index contributed by atoms with van der Waals surface area (Å²) < 4.78 is 30.8. The maximum atomic E-state index is 13.0. The molecule has 0 aromatic heterocycles. The van der Waals surface area contributed by atoms with Gasteiger partial charge < -0.3 is 15.0 Å². The molecule has 5 nitrogen and oxygen atoms in total. The molecule has 0 radical (unpaired) electrons. The third-order valence-corrected chi connectivity index (χ3v) is 3.00. The number of benzene rings is 1. The molecule has 1 saturated carbocycles. The fourth-order valence-corrected chi connectivity index (χ4v) is 1.63. The summed E-state index contributed by atoms with van der Waals surface area (Å²) in [7, 11) is 1.48. The van der Waals surface area contributed by atoms with E-state index in [-0.39, 0.29) is 30.9 Å². The molecule has 1 aliphatic rings. The van der Waals surface area contributed by atoms with Gasteiger partial charge in [-0.1, -0.05) is 0 Å². The summed E-state index contributed by atoms with van der Waals surface area (Å²) in [5.74, 6) is -2.62. The van der Waals surface area contributed by atoms with Crippen molar-refractivity contribution in [2.75, 3.05) is 20.2 Å². The molecule has 0 heterocycles. The topological polar surface area (TPSA) is 58.6 Å². The van der Waals surface area contributed by atoms with Crippen molar-refractivity contribution in [1.29, 1.82) is 0 Å². The molecule has 0 bridgehead atoms. The molecule has 1 aliphatic carbocycles. The average molecular weight is 298 g/mol.